The third kappa shape index (κ3) is 8.01. The van der Waals surface area contributed by atoms with E-state index in [9.17, 15) is 9.59 Å². The van der Waals surface area contributed by atoms with Gasteiger partial charge < -0.3 is 4.43 Å². The molecule has 0 aliphatic carbocycles. The number of unbranched alkanes of at least 4 members (excludes halogenated alkanes) is 7. The van der Waals surface area contributed by atoms with Crippen LogP contribution in [0.3, 0.4) is 0 Å². The number of hydrogen-bond acceptors (Lipinski definition) is 4. The Morgan fingerprint density at radius 1 is 0.920 bits per heavy atom. The van der Waals surface area contributed by atoms with Crippen molar-refractivity contribution in [2.24, 2.45) is 0 Å². The number of carbonyl (C=O) groups excluding carboxylic acids is 2. The summed E-state index contributed by atoms with van der Waals surface area (Å²) in [7, 11) is -2.11. The molecule has 0 N–H and O–H groups in total. The van der Waals surface area contributed by atoms with Gasteiger partial charge in [-0.2, -0.15) is 5.06 Å². The molecule has 0 bridgehead atoms. The monoisotopic (exact) mass is 371 g/mol. The van der Waals surface area contributed by atoms with E-state index in [1.54, 1.807) is 0 Å². The van der Waals surface area contributed by atoms with Crippen molar-refractivity contribution in [1.29, 1.82) is 0 Å². The first-order valence-electron chi connectivity index (χ1n) is 10.1. The second kappa shape index (κ2) is 11.8. The number of imide groups is 1. The van der Waals surface area contributed by atoms with Crippen molar-refractivity contribution >= 4 is 20.1 Å². The lowest BCUT2D eigenvalue weighted by molar-refractivity contribution is -0.195. The van der Waals surface area contributed by atoms with Crippen LogP contribution in [0.1, 0.15) is 84.5 Å². The number of rotatable bonds is 14. The zero-order valence-electron chi connectivity index (χ0n) is 16.6. The van der Waals surface area contributed by atoms with Crippen LogP contribution in [0, 0.1) is 0 Å². The first-order valence-corrected chi connectivity index (χ1v) is 13.1. The molecule has 1 heterocycles. The lowest BCUT2D eigenvalue weighted by atomic mass is 10.1. The van der Waals surface area contributed by atoms with Crippen molar-refractivity contribution in [3.8, 4) is 0 Å². The van der Waals surface area contributed by atoms with Gasteiger partial charge in [0.1, 0.15) is 5.73 Å². The van der Waals surface area contributed by atoms with Crippen molar-refractivity contribution in [3.63, 3.8) is 0 Å². The molecule has 1 aliphatic rings. The Bertz CT molecular complexity index is 398. The van der Waals surface area contributed by atoms with Crippen LogP contribution >= 0.6 is 0 Å². The maximum absolute atomic E-state index is 11.9. The molecule has 1 fully saturated rings. The van der Waals surface area contributed by atoms with Crippen molar-refractivity contribution in [2.75, 3.05) is 6.61 Å². The van der Waals surface area contributed by atoms with E-state index >= 15 is 0 Å². The molecule has 1 saturated heterocycles. The van der Waals surface area contributed by atoms with Gasteiger partial charge in [0.05, 0.1) is 0 Å². The molecule has 25 heavy (non-hydrogen) atoms. The maximum atomic E-state index is 11.9. The molecule has 2 amide bonds. The fourth-order valence-electron chi connectivity index (χ4n) is 3.26. The molecule has 1 unspecified atom stereocenters. The molecule has 0 aromatic carbocycles. The molecular weight excluding hydrogens is 334 g/mol. The van der Waals surface area contributed by atoms with Crippen molar-refractivity contribution in [3.05, 3.63) is 0 Å². The summed E-state index contributed by atoms with van der Waals surface area (Å²) in [5.41, 5.74) is -0.154. The van der Waals surface area contributed by atoms with Gasteiger partial charge >= 0.3 is 0 Å². The van der Waals surface area contributed by atoms with Crippen molar-refractivity contribution in [2.45, 2.75) is 103 Å². The first kappa shape index (κ1) is 22.3. The minimum Gasteiger partial charge on any atom is -0.415 e. The van der Waals surface area contributed by atoms with Gasteiger partial charge in [-0.3, -0.25) is 14.4 Å². The van der Waals surface area contributed by atoms with E-state index in [1.165, 1.54) is 44.9 Å². The molecule has 1 aliphatic heterocycles. The summed E-state index contributed by atoms with van der Waals surface area (Å²) >= 11 is 0. The third-order valence-corrected chi connectivity index (χ3v) is 7.83. The quantitative estimate of drug-likeness (QED) is 0.251. The Morgan fingerprint density at radius 3 is 1.96 bits per heavy atom. The Morgan fingerprint density at radius 2 is 1.44 bits per heavy atom. The van der Waals surface area contributed by atoms with Crippen molar-refractivity contribution < 1.29 is 18.9 Å². The second-order valence-electron chi connectivity index (χ2n) is 7.48. The van der Waals surface area contributed by atoms with E-state index < -0.39 is 8.32 Å². The van der Waals surface area contributed by atoms with E-state index in [0.29, 0.717) is 6.61 Å². The molecule has 0 aromatic rings. The first-order chi connectivity index (χ1) is 11.9. The summed E-state index contributed by atoms with van der Waals surface area (Å²) in [4.78, 5) is 29.6. The molecule has 1 atom stereocenters. The second-order valence-corrected chi connectivity index (χ2v) is 11.6. The molecule has 0 saturated carbocycles. The van der Waals surface area contributed by atoms with Gasteiger partial charge in [0.2, 0.25) is 8.32 Å². The maximum Gasteiger partial charge on any atom is 0.253 e. The highest BCUT2D eigenvalue weighted by Crippen LogP contribution is 2.24. The predicted molar refractivity (Wildman–Crippen MR) is 102 cm³/mol. The molecule has 5 nitrogen and oxygen atoms in total. The summed E-state index contributed by atoms with van der Waals surface area (Å²) in [5, 5.41) is 1.00. The topological polar surface area (TPSA) is 55.8 Å². The summed E-state index contributed by atoms with van der Waals surface area (Å²) in [6.07, 6.45) is 11.4. The van der Waals surface area contributed by atoms with E-state index in [2.05, 4.69) is 20.0 Å². The van der Waals surface area contributed by atoms with E-state index in [1.807, 2.05) is 6.92 Å². The van der Waals surface area contributed by atoms with Crippen molar-refractivity contribution in [1.82, 2.24) is 5.06 Å². The number of amides is 2. The fourth-order valence-corrected chi connectivity index (χ4v) is 5.45. The normalized spacial score (nSPS) is 16.7. The molecule has 0 spiro atoms. The standard InChI is InChI=1S/C19H37NO4Si/c1-5-7-8-9-10-11-12-13-14-19(25(3,4)23-6-2)24-20-17(21)15-16-18(20)22/h19H,5-16H2,1-4H3. The average Bonchev–Trinajstić information content (AvgIpc) is 2.87. The highest BCUT2D eigenvalue weighted by molar-refractivity contribution is 6.72. The third-order valence-electron chi connectivity index (χ3n) is 4.85. The Kier molecular flexibility index (Phi) is 10.5. The van der Waals surface area contributed by atoms with Gasteiger partial charge in [0, 0.05) is 19.4 Å². The Balaban J connectivity index is 2.44. The molecule has 1 rings (SSSR count). The van der Waals surface area contributed by atoms with Gasteiger partial charge in [-0.15, -0.1) is 0 Å². The molecule has 0 radical (unpaired) electrons. The van der Waals surface area contributed by atoms with E-state index in [0.717, 1.165) is 17.9 Å². The lowest BCUT2D eigenvalue weighted by Crippen LogP contribution is -2.50. The molecular formula is C19H37NO4Si. The molecule has 6 heteroatoms. The molecule has 146 valence electrons. The zero-order valence-corrected chi connectivity index (χ0v) is 17.6. The van der Waals surface area contributed by atoms with Crippen LogP contribution in [0.25, 0.3) is 0 Å². The van der Waals surface area contributed by atoms with Crippen LogP contribution in [0.2, 0.25) is 13.1 Å². The van der Waals surface area contributed by atoms with Crippen LogP contribution in [-0.2, 0) is 18.9 Å². The molecule has 0 aromatic heterocycles. The predicted octanol–water partition coefficient (Wildman–Crippen LogP) is 4.75. The summed E-state index contributed by atoms with van der Waals surface area (Å²) < 4.78 is 5.96. The number of carbonyl (C=O) groups is 2. The fraction of sp³-hybridized carbons (Fsp3) is 0.895. The number of hydroxylamine groups is 2. The van der Waals surface area contributed by atoms with Gasteiger partial charge in [0.15, 0.2) is 0 Å². The minimum absolute atomic E-state index is 0.154. The van der Waals surface area contributed by atoms with Crippen LogP contribution in [0.4, 0.5) is 0 Å². The van der Waals surface area contributed by atoms with Gasteiger partial charge in [-0.1, -0.05) is 58.3 Å². The smallest absolute Gasteiger partial charge is 0.253 e. The Labute approximate surface area is 154 Å². The van der Waals surface area contributed by atoms with Gasteiger partial charge in [0.25, 0.3) is 11.8 Å². The Hall–Kier alpha value is -0.723. The highest BCUT2D eigenvalue weighted by Gasteiger charge is 2.40. The minimum atomic E-state index is -2.11. The van der Waals surface area contributed by atoms with Crippen LogP contribution in [-0.4, -0.2) is 37.5 Å². The number of hydrogen-bond donors (Lipinski definition) is 0. The summed E-state index contributed by atoms with van der Waals surface area (Å²) in [5.74, 6) is -0.431. The van der Waals surface area contributed by atoms with Gasteiger partial charge in [-0.25, -0.2) is 0 Å². The lowest BCUT2D eigenvalue weighted by Gasteiger charge is -2.33. The zero-order chi connectivity index (χ0) is 18.7. The van der Waals surface area contributed by atoms with Crippen LogP contribution < -0.4 is 0 Å². The highest BCUT2D eigenvalue weighted by atomic mass is 28.4. The van der Waals surface area contributed by atoms with Gasteiger partial charge in [-0.05, 0) is 26.4 Å². The van der Waals surface area contributed by atoms with Crippen LogP contribution in [0.15, 0.2) is 0 Å². The number of nitrogens with zero attached hydrogens (tertiary/aromatic N) is 1. The largest absolute Gasteiger partial charge is 0.415 e. The van der Waals surface area contributed by atoms with E-state index in [4.69, 9.17) is 9.26 Å². The summed E-state index contributed by atoms with van der Waals surface area (Å²) in [6.45, 7) is 9.07. The van der Waals surface area contributed by atoms with E-state index in [-0.39, 0.29) is 30.4 Å². The summed E-state index contributed by atoms with van der Waals surface area (Å²) in [6, 6.07) is 0. The average molecular weight is 372 g/mol. The van der Waals surface area contributed by atoms with Crippen LogP contribution in [0.5, 0.6) is 0 Å². The SMILES string of the molecule is CCCCCCCCCCC(ON1C(=O)CCC1=O)[Si](C)(C)OCC.